The summed E-state index contributed by atoms with van der Waals surface area (Å²) in [6.45, 7) is 3.69. The molecule has 0 aromatic heterocycles. The molecule has 3 rings (SSSR count). The van der Waals surface area contributed by atoms with Crippen LogP contribution < -0.4 is 10.1 Å². The van der Waals surface area contributed by atoms with Crippen molar-refractivity contribution in [1.29, 1.82) is 0 Å². The van der Waals surface area contributed by atoms with Gasteiger partial charge in [0.15, 0.2) is 6.10 Å². The Kier molecular flexibility index (Phi) is 6.94. The Hall–Kier alpha value is -3.07. The molecule has 3 unspecified atom stereocenters. The molecule has 0 spiro atoms. The van der Waals surface area contributed by atoms with Gasteiger partial charge in [0.25, 0.3) is 11.6 Å². The number of fused-ring (bicyclic) bond motifs is 1. The van der Waals surface area contributed by atoms with Crippen LogP contribution >= 0.6 is 11.8 Å². The molecule has 3 atom stereocenters. The summed E-state index contributed by atoms with van der Waals surface area (Å²) in [4.78, 5) is 35.8. The summed E-state index contributed by atoms with van der Waals surface area (Å²) in [7, 11) is 0. The Morgan fingerprint density at radius 1 is 1.20 bits per heavy atom. The van der Waals surface area contributed by atoms with Crippen molar-refractivity contribution in [3.63, 3.8) is 0 Å². The van der Waals surface area contributed by atoms with E-state index in [-0.39, 0.29) is 17.6 Å². The van der Waals surface area contributed by atoms with E-state index in [2.05, 4.69) is 5.32 Å². The first-order valence-corrected chi connectivity index (χ1v) is 10.4. The number of nitro benzene ring substituents is 1. The highest BCUT2D eigenvalue weighted by molar-refractivity contribution is 8.00. The molecule has 0 aliphatic carbocycles. The van der Waals surface area contributed by atoms with Gasteiger partial charge in [-0.25, -0.2) is 0 Å². The molecule has 1 amide bonds. The minimum Gasteiger partial charge on any atom is -0.493 e. The number of rotatable bonds is 7. The molecule has 0 saturated carbocycles. The predicted molar refractivity (Wildman–Crippen MR) is 111 cm³/mol. The summed E-state index contributed by atoms with van der Waals surface area (Å²) in [6.07, 6.45) is -0.317. The van der Waals surface area contributed by atoms with Gasteiger partial charge < -0.3 is 14.8 Å². The normalized spacial score (nSPS) is 17.1. The molecular weight excluding hydrogens is 408 g/mol. The lowest BCUT2D eigenvalue weighted by Gasteiger charge is -2.27. The smallest absolute Gasteiger partial charge is 0.319 e. The Labute approximate surface area is 178 Å². The van der Waals surface area contributed by atoms with Crippen LogP contribution in [0.2, 0.25) is 0 Å². The van der Waals surface area contributed by atoms with Crippen LogP contribution in [0.4, 0.5) is 5.69 Å². The number of benzene rings is 2. The standard InChI is InChI=1S/C21H22N2O6S/c1-13(20(24)22-18-11-12-28-19-6-4-3-5-17(18)19)29-21(25)14(2)30-16-9-7-15(8-10-16)23(26)27/h3-10,13-14,18H,11-12H2,1-2H3,(H,22,24). The molecule has 8 nitrogen and oxygen atoms in total. The molecule has 1 N–H and O–H groups in total. The number of carbonyl (C=O) groups is 2. The van der Waals surface area contributed by atoms with Gasteiger partial charge in [-0.15, -0.1) is 11.8 Å². The maximum absolute atomic E-state index is 12.5. The molecule has 1 aliphatic rings. The van der Waals surface area contributed by atoms with E-state index in [0.29, 0.717) is 17.9 Å². The van der Waals surface area contributed by atoms with Crippen LogP contribution in [0.15, 0.2) is 53.4 Å². The highest BCUT2D eigenvalue weighted by Crippen LogP contribution is 2.31. The van der Waals surface area contributed by atoms with Crippen molar-refractivity contribution in [1.82, 2.24) is 5.32 Å². The van der Waals surface area contributed by atoms with Crippen molar-refractivity contribution in [2.24, 2.45) is 0 Å². The number of non-ortho nitro benzene ring substituents is 1. The van der Waals surface area contributed by atoms with Crippen molar-refractivity contribution < 1.29 is 24.0 Å². The number of nitro groups is 1. The van der Waals surface area contributed by atoms with Crippen LogP contribution in [0, 0.1) is 10.1 Å². The lowest BCUT2D eigenvalue weighted by atomic mass is 10.0. The number of esters is 1. The van der Waals surface area contributed by atoms with Crippen molar-refractivity contribution in [2.45, 2.75) is 42.6 Å². The highest BCUT2D eigenvalue weighted by atomic mass is 32.2. The largest absolute Gasteiger partial charge is 0.493 e. The molecule has 158 valence electrons. The molecule has 30 heavy (non-hydrogen) atoms. The van der Waals surface area contributed by atoms with E-state index in [1.165, 1.54) is 30.8 Å². The topological polar surface area (TPSA) is 108 Å². The SMILES string of the molecule is CC(OC(=O)C(C)Sc1ccc([N+](=O)[O-])cc1)C(=O)NC1CCOc2ccccc21. The number of hydrogen-bond acceptors (Lipinski definition) is 7. The van der Waals surface area contributed by atoms with Gasteiger partial charge in [-0.2, -0.15) is 0 Å². The van der Waals surface area contributed by atoms with Crippen molar-refractivity contribution in [2.75, 3.05) is 6.61 Å². The molecule has 0 saturated heterocycles. The second kappa shape index (κ2) is 9.62. The predicted octanol–water partition coefficient (Wildman–Crippen LogP) is 3.65. The second-order valence-electron chi connectivity index (χ2n) is 6.83. The lowest BCUT2D eigenvalue weighted by Crippen LogP contribution is -2.40. The molecule has 1 heterocycles. The summed E-state index contributed by atoms with van der Waals surface area (Å²) in [6, 6.07) is 13.2. The first kappa shape index (κ1) is 21.6. The lowest BCUT2D eigenvalue weighted by molar-refractivity contribution is -0.384. The van der Waals surface area contributed by atoms with Crippen molar-refractivity contribution >= 4 is 29.3 Å². The van der Waals surface area contributed by atoms with E-state index in [4.69, 9.17) is 9.47 Å². The average molecular weight is 430 g/mol. The molecule has 0 fully saturated rings. The first-order chi connectivity index (χ1) is 14.3. The zero-order valence-corrected chi connectivity index (χ0v) is 17.4. The molecule has 2 aromatic rings. The zero-order chi connectivity index (χ0) is 21.7. The molecular formula is C21H22N2O6S. The van der Waals surface area contributed by atoms with Gasteiger partial charge in [-0.1, -0.05) is 18.2 Å². The minimum absolute atomic E-state index is 0.0189. The first-order valence-electron chi connectivity index (χ1n) is 9.49. The third-order valence-corrected chi connectivity index (χ3v) is 5.72. The van der Waals surface area contributed by atoms with Gasteiger partial charge in [0.2, 0.25) is 0 Å². The van der Waals surface area contributed by atoms with E-state index in [1.807, 2.05) is 24.3 Å². The number of ether oxygens (including phenoxy) is 2. The van der Waals surface area contributed by atoms with Crippen LogP contribution in [0.1, 0.15) is 31.9 Å². The van der Waals surface area contributed by atoms with Crippen LogP contribution in [-0.2, 0) is 14.3 Å². The fraction of sp³-hybridized carbons (Fsp3) is 0.333. The van der Waals surface area contributed by atoms with E-state index < -0.39 is 22.2 Å². The van der Waals surface area contributed by atoms with Gasteiger partial charge in [0.05, 0.1) is 17.6 Å². The van der Waals surface area contributed by atoms with Crippen LogP contribution in [-0.4, -0.2) is 34.8 Å². The number of hydrogen-bond donors (Lipinski definition) is 1. The van der Waals surface area contributed by atoms with Gasteiger partial charge in [0, 0.05) is 29.0 Å². The zero-order valence-electron chi connectivity index (χ0n) is 16.6. The van der Waals surface area contributed by atoms with E-state index >= 15 is 0 Å². The Bertz CT molecular complexity index is 933. The summed E-state index contributed by atoms with van der Waals surface area (Å²) in [5, 5.41) is 13.1. The molecule has 2 aromatic carbocycles. The maximum atomic E-state index is 12.5. The quantitative estimate of drug-likeness (QED) is 0.309. The van der Waals surface area contributed by atoms with E-state index in [0.717, 1.165) is 11.3 Å². The van der Waals surface area contributed by atoms with Crippen molar-refractivity contribution in [3.8, 4) is 5.75 Å². The number of nitrogens with zero attached hydrogens (tertiary/aromatic N) is 1. The van der Waals surface area contributed by atoms with Gasteiger partial charge >= 0.3 is 5.97 Å². The monoisotopic (exact) mass is 430 g/mol. The van der Waals surface area contributed by atoms with Crippen LogP contribution in [0.3, 0.4) is 0 Å². The number of para-hydroxylation sites is 1. The molecule has 0 bridgehead atoms. The van der Waals surface area contributed by atoms with Crippen LogP contribution in [0.5, 0.6) is 5.75 Å². The van der Waals surface area contributed by atoms with Gasteiger partial charge in [-0.05, 0) is 32.0 Å². The summed E-state index contributed by atoms with van der Waals surface area (Å²) < 4.78 is 10.9. The molecule has 1 aliphatic heterocycles. The Morgan fingerprint density at radius 2 is 1.90 bits per heavy atom. The highest BCUT2D eigenvalue weighted by Gasteiger charge is 2.27. The number of amides is 1. The minimum atomic E-state index is -0.951. The van der Waals surface area contributed by atoms with E-state index in [9.17, 15) is 19.7 Å². The summed E-state index contributed by atoms with van der Waals surface area (Å²) >= 11 is 1.21. The number of thioether (sulfide) groups is 1. The third-order valence-electron chi connectivity index (χ3n) is 4.63. The van der Waals surface area contributed by atoms with Crippen molar-refractivity contribution in [3.05, 3.63) is 64.2 Å². The summed E-state index contributed by atoms with van der Waals surface area (Å²) in [5.74, 6) is -0.169. The van der Waals surface area contributed by atoms with Crippen LogP contribution in [0.25, 0.3) is 0 Å². The maximum Gasteiger partial charge on any atom is 0.319 e. The Morgan fingerprint density at radius 3 is 2.60 bits per heavy atom. The Balaban J connectivity index is 1.53. The third kappa shape index (κ3) is 5.29. The molecule has 9 heteroatoms. The van der Waals surface area contributed by atoms with Gasteiger partial charge in [-0.3, -0.25) is 19.7 Å². The second-order valence-corrected chi connectivity index (χ2v) is 8.24. The fourth-order valence-corrected chi connectivity index (χ4v) is 3.86. The van der Waals surface area contributed by atoms with E-state index in [1.54, 1.807) is 19.1 Å². The average Bonchev–Trinajstić information content (AvgIpc) is 2.74. The van der Waals surface area contributed by atoms with Gasteiger partial charge in [0.1, 0.15) is 11.0 Å². The fourth-order valence-electron chi connectivity index (χ4n) is 3.00. The number of nitrogens with one attached hydrogen (secondary N) is 1. The number of carbonyl (C=O) groups excluding carboxylic acids is 2. The molecule has 0 radical (unpaired) electrons. The summed E-state index contributed by atoms with van der Waals surface area (Å²) in [5.41, 5.74) is 0.882.